The Morgan fingerprint density at radius 2 is 0.961 bits per heavy atom. The van der Waals surface area contributed by atoms with Gasteiger partial charge in [-0.25, -0.2) is 0 Å². The average Bonchev–Trinajstić information content (AvgIpc) is 3.09. The first kappa shape index (κ1) is 48.5. The number of nitrogens with one attached hydrogen (secondary N) is 1. The quantitative estimate of drug-likeness (QED) is 0.0342. The minimum Gasteiger partial charge on any atom is -0.387 e. The van der Waals surface area contributed by atoms with Crippen LogP contribution in [-0.2, 0) is 14.9 Å². The second-order valence-electron chi connectivity index (χ2n) is 13.5. The number of allylic oxidation sites excluding steroid dienone is 13. The lowest BCUT2D eigenvalue weighted by molar-refractivity contribution is -0.122. The van der Waals surface area contributed by atoms with E-state index in [1.54, 1.807) is 6.08 Å². The lowest BCUT2D eigenvalue weighted by atomic mass is 10.1. The maximum atomic E-state index is 12.5. The molecule has 3 N–H and O–H groups in total. The molecule has 292 valence electrons. The van der Waals surface area contributed by atoms with Gasteiger partial charge in [0.15, 0.2) is 0 Å². The number of aliphatic hydroxyl groups is 1. The Morgan fingerprint density at radius 1 is 0.549 bits per heavy atom. The third-order valence-corrected chi connectivity index (χ3v) is 9.34. The van der Waals surface area contributed by atoms with Crippen LogP contribution in [0.3, 0.4) is 0 Å². The van der Waals surface area contributed by atoms with Crippen LogP contribution < -0.4 is 5.32 Å². The van der Waals surface area contributed by atoms with Gasteiger partial charge < -0.3 is 10.4 Å². The zero-order chi connectivity index (χ0) is 37.5. The summed E-state index contributed by atoms with van der Waals surface area (Å²) in [6.07, 6.45) is 54.2. The van der Waals surface area contributed by atoms with E-state index in [0.717, 1.165) is 77.0 Å². The summed E-state index contributed by atoms with van der Waals surface area (Å²) in [5.74, 6) is -1.03. The number of rotatable bonds is 35. The Bertz CT molecular complexity index is 1120. The lowest BCUT2D eigenvalue weighted by Gasteiger charge is -2.21. The van der Waals surface area contributed by atoms with Gasteiger partial charge in [-0.3, -0.25) is 9.35 Å². The molecule has 0 aromatic rings. The van der Waals surface area contributed by atoms with Crippen LogP contribution in [0.4, 0.5) is 0 Å². The predicted molar refractivity (Wildman–Crippen MR) is 220 cm³/mol. The number of carbonyl (C=O) groups excluding carboxylic acids is 1. The molecule has 6 nitrogen and oxygen atoms in total. The van der Waals surface area contributed by atoms with E-state index in [9.17, 15) is 22.9 Å². The van der Waals surface area contributed by atoms with Crippen LogP contribution in [0.1, 0.15) is 168 Å². The molecule has 0 fully saturated rings. The second-order valence-corrected chi connectivity index (χ2v) is 15.0. The number of carbonyl (C=O) groups is 1. The van der Waals surface area contributed by atoms with Gasteiger partial charge in [0.25, 0.3) is 10.1 Å². The summed E-state index contributed by atoms with van der Waals surface area (Å²) in [5, 5.41) is 13.2. The van der Waals surface area contributed by atoms with Crippen LogP contribution in [0.15, 0.2) is 85.1 Å². The van der Waals surface area contributed by atoms with Crippen molar-refractivity contribution in [2.45, 2.75) is 180 Å². The van der Waals surface area contributed by atoms with Crippen molar-refractivity contribution < 1.29 is 22.9 Å². The summed E-state index contributed by atoms with van der Waals surface area (Å²) < 4.78 is 32.5. The van der Waals surface area contributed by atoms with Gasteiger partial charge in [0.2, 0.25) is 5.91 Å². The molecule has 0 aliphatic heterocycles. The van der Waals surface area contributed by atoms with Gasteiger partial charge in [-0.05, 0) is 77.0 Å². The van der Waals surface area contributed by atoms with Crippen molar-refractivity contribution >= 4 is 16.0 Å². The number of amides is 1. The maximum Gasteiger partial charge on any atom is 0.267 e. The van der Waals surface area contributed by atoms with Crippen molar-refractivity contribution in [1.29, 1.82) is 0 Å². The fourth-order valence-corrected chi connectivity index (χ4v) is 6.28. The highest BCUT2D eigenvalue weighted by Gasteiger charge is 2.24. The molecule has 0 aromatic heterocycles. The third kappa shape index (κ3) is 38.6. The van der Waals surface area contributed by atoms with E-state index in [4.69, 9.17) is 0 Å². The van der Waals surface area contributed by atoms with E-state index < -0.39 is 28.0 Å². The fourth-order valence-electron chi connectivity index (χ4n) is 5.55. The third-order valence-electron chi connectivity index (χ3n) is 8.56. The molecule has 51 heavy (non-hydrogen) atoms. The van der Waals surface area contributed by atoms with Gasteiger partial charge in [0.05, 0.1) is 17.9 Å². The number of aliphatic hydroxyl groups excluding tert-OH is 1. The average molecular weight is 730 g/mol. The topological polar surface area (TPSA) is 104 Å². The Labute approximate surface area is 314 Å². The van der Waals surface area contributed by atoms with Crippen molar-refractivity contribution in [3.63, 3.8) is 0 Å². The summed E-state index contributed by atoms with van der Waals surface area (Å²) in [6.45, 7) is 4.40. The standard InChI is InChI=1S/C44H75NO5S/c1-3-5-7-9-11-13-15-17-19-20-21-22-23-24-26-28-30-32-34-36-38-40-44(47)45-42(41-51(48,49)50)43(46)39-37-35-33-31-29-27-25-18-16-14-12-10-8-6-4-2/h5,7,11,13,17,19,21-22,24,26,29,31,37,39,42-43,46H,3-4,6,8-10,12,14-16,18,20,23,25,27-28,30,32-36,38,40-41H2,1-2H3,(H,45,47)(H,48,49,50)/b7-5-,13-11-,19-17-,22-21-,26-24-,31-29+,39-37+. The highest BCUT2D eigenvalue weighted by Crippen LogP contribution is 2.12. The molecule has 0 rings (SSSR count). The zero-order valence-electron chi connectivity index (χ0n) is 32.4. The van der Waals surface area contributed by atoms with Crippen LogP contribution in [-0.4, -0.2) is 41.9 Å². The van der Waals surface area contributed by atoms with Gasteiger partial charge in [-0.15, -0.1) is 0 Å². The summed E-state index contributed by atoms with van der Waals surface area (Å²) in [7, 11) is -4.36. The fraction of sp³-hybridized carbons (Fsp3) is 0.659. The Kier molecular flexibility index (Phi) is 35.5. The number of unbranched alkanes of at least 4 members (excludes halogenated alkanes) is 15. The van der Waals surface area contributed by atoms with E-state index in [2.05, 4.69) is 92.1 Å². The van der Waals surface area contributed by atoms with Crippen molar-refractivity contribution in [2.24, 2.45) is 0 Å². The first-order chi connectivity index (χ1) is 24.8. The zero-order valence-corrected chi connectivity index (χ0v) is 33.3. The largest absolute Gasteiger partial charge is 0.387 e. The van der Waals surface area contributed by atoms with E-state index in [0.29, 0.717) is 12.8 Å². The van der Waals surface area contributed by atoms with Gasteiger partial charge in [0.1, 0.15) is 0 Å². The highest BCUT2D eigenvalue weighted by molar-refractivity contribution is 7.85. The summed E-state index contributed by atoms with van der Waals surface area (Å²) in [4.78, 5) is 12.5. The predicted octanol–water partition coefficient (Wildman–Crippen LogP) is 12.0. The molecule has 0 saturated carbocycles. The van der Waals surface area contributed by atoms with Crippen molar-refractivity contribution in [2.75, 3.05) is 5.75 Å². The Balaban J connectivity index is 4.04. The molecule has 0 aromatic carbocycles. The molecule has 0 heterocycles. The summed E-state index contributed by atoms with van der Waals surface area (Å²) in [6, 6.07) is -1.09. The lowest BCUT2D eigenvalue weighted by Crippen LogP contribution is -2.46. The van der Waals surface area contributed by atoms with E-state index >= 15 is 0 Å². The molecular weight excluding hydrogens is 655 g/mol. The van der Waals surface area contributed by atoms with Gasteiger partial charge in [0, 0.05) is 6.42 Å². The molecular formula is C44H75NO5S. The van der Waals surface area contributed by atoms with Crippen molar-refractivity contribution in [3.8, 4) is 0 Å². The minimum atomic E-state index is -4.36. The van der Waals surface area contributed by atoms with Crippen LogP contribution in [0.5, 0.6) is 0 Å². The van der Waals surface area contributed by atoms with Crippen LogP contribution in [0, 0.1) is 0 Å². The van der Waals surface area contributed by atoms with Gasteiger partial charge in [-0.1, -0.05) is 170 Å². The number of hydrogen-bond donors (Lipinski definition) is 3. The molecule has 0 aliphatic rings. The maximum absolute atomic E-state index is 12.5. The van der Waals surface area contributed by atoms with E-state index in [1.165, 1.54) is 63.9 Å². The molecule has 1 amide bonds. The molecule has 2 atom stereocenters. The summed E-state index contributed by atoms with van der Waals surface area (Å²) in [5.41, 5.74) is 0. The van der Waals surface area contributed by atoms with Crippen molar-refractivity contribution in [1.82, 2.24) is 5.32 Å². The summed E-state index contributed by atoms with van der Waals surface area (Å²) >= 11 is 0. The molecule has 0 radical (unpaired) electrons. The molecule has 0 spiro atoms. The molecule has 7 heteroatoms. The molecule has 0 aliphatic carbocycles. The van der Waals surface area contributed by atoms with E-state index in [1.807, 2.05) is 0 Å². The molecule has 0 saturated heterocycles. The van der Waals surface area contributed by atoms with Gasteiger partial charge in [-0.2, -0.15) is 8.42 Å². The SMILES string of the molecule is CC/C=C\C/C=C\C/C=C\C/C=C\C/C=C\CCCCCCCC(=O)NC(CS(=O)(=O)O)C(O)/C=C/CC/C=C/CCCCCCCCCCC. The monoisotopic (exact) mass is 730 g/mol. The van der Waals surface area contributed by atoms with Crippen LogP contribution in [0.2, 0.25) is 0 Å². The van der Waals surface area contributed by atoms with Crippen LogP contribution >= 0.6 is 0 Å². The minimum absolute atomic E-state index is 0.261. The molecule has 0 bridgehead atoms. The smallest absolute Gasteiger partial charge is 0.267 e. The normalized spacial score (nSPS) is 14.2. The molecule has 2 unspecified atom stereocenters. The van der Waals surface area contributed by atoms with E-state index in [-0.39, 0.29) is 12.3 Å². The van der Waals surface area contributed by atoms with Crippen LogP contribution in [0.25, 0.3) is 0 Å². The Hall–Kier alpha value is -2.48. The first-order valence-electron chi connectivity index (χ1n) is 20.3. The van der Waals surface area contributed by atoms with Crippen molar-refractivity contribution in [3.05, 3.63) is 85.1 Å². The van der Waals surface area contributed by atoms with Gasteiger partial charge >= 0.3 is 0 Å². The second kappa shape index (κ2) is 37.3. The highest BCUT2D eigenvalue weighted by atomic mass is 32.2. The first-order valence-corrected chi connectivity index (χ1v) is 21.9. The Morgan fingerprint density at radius 3 is 1.47 bits per heavy atom. The number of hydrogen-bond acceptors (Lipinski definition) is 4.